The Morgan fingerprint density at radius 3 is 2.35 bits per heavy atom. The molecular weight excluding hydrogens is 216 g/mol. The molecule has 0 radical (unpaired) electrons. The normalized spacial score (nSPS) is 10.9. The lowest BCUT2D eigenvalue weighted by Crippen LogP contribution is -2.26. The van der Waals surface area contributed by atoms with Crippen LogP contribution in [-0.4, -0.2) is 31.0 Å². The van der Waals surface area contributed by atoms with Crippen molar-refractivity contribution in [3.63, 3.8) is 0 Å². The van der Waals surface area contributed by atoms with Crippen molar-refractivity contribution >= 4 is 5.82 Å². The highest BCUT2D eigenvalue weighted by atomic mass is 16.7. The lowest BCUT2D eigenvalue weighted by molar-refractivity contribution is -0.126. The van der Waals surface area contributed by atoms with Crippen LogP contribution < -0.4 is 5.32 Å². The molecule has 0 aliphatic heterocycles. The van der Waals surface area contributed by atoms with E-state index in [9.17, 15) is 0 Å². The largest absolute Gasteiger partial charge is 0.365 e. The van der Waals surface area contributed by atoms with Crippen molar-refractivity contribution < 1.29 is 9.47 Å². The molecule has 4 nitrogen and oxygen atoms in total. The van der Waals surface area contributed by atoms with Crippen LogP contribution in [-0.2, 0) is 9.47 Å². The molecule has 0 unspecified atom stereocenters. The van der Waals surface area contributed by atoms with E-state index in [0.717, 1.165) is 11.5 Å². The summed E-state index contributed by atoms with van der Waals surface area (Å²) >= 11 is 0. The zero-order valence-electron chi connectivity index (χ0n) is 11.1. The zero-order chi connectivity index (χ0) is 12.7. The average molecular weight is 238 g/mol. The molecule has 0 atom stereocenters. The Balaban J connectivity index is 2.52. The summed E-state index contributed by atoms with van der Waals surface area (Å²) in [6.45, 7) is 9.86. The van der Waals surface area contributed by atoms with Crippen molar-refractivity contribution in [2.45, 2.75) is 34.0 Å². The van der Waals surface area contributed by atoms with Gasteiger partial charge in [-0.2, -0.15) is 0 Å². The molecule has 0 saturated heterocycles. The van der Waals surface area contributed by atoms with E-state index in [0.29, 0.717) is 19.8 Å². The van der Waals surface area contributed by atoms with Gasteiger partial charge in [0.2, 0.25) is 0 Å². The van der Waals surface area contributed by atoms with E-state index in [1.165, 1.54) is 5.56 Å². The van der Waals surface area contributed by atoms with Crippen LogP contribution >= 0.6 is 0 Å². The predicted octanol–water partition coefficient (Wildman–Crippen LogP) is 2.51. The van der Waals surface area contributed by atoms with E-state index in [1.54, 1.807) is 0 Å². The fourth-order valence-corrected chi connectivity index (χ4v) is 1.66. The van der Waals surface area contributed by atoms with Crippen LogP contribution in [0.15, 0.2) is 12.1 Å². The van der Waals surface area contributed by atoms with Crippen LogP contribution in [0.25, 0.3) is 0 Å². The van der Waals surface area contributed by atoms with Gasteiger partial charge in [0.1, 0.15) is 5.82 Å². The lowest BCUT2D eigenvalue weighted by Gasteiger charge is -2.18. The third-order valence-corrected chi connectivity index (χ3v) is 2.25. The van der Waals surface area contributed by atoms with Crippen LogP contribution in [0, 0.1) is 13.8 Å². The molecule has 1 rings (SSSR count). The number of rotatable bonds is 7. The van der Waals surface area contributed by atoms with Gasteiger partial charge in [0.05, 0.1) is 6.54 Å². The first-order chi connectivity index (χ1) is 8.15. The number of nitrogens with one attached hydrogen (secondary N) is 1. The topological polar surface area (TPSA) is 43.4 Å². The highest BCUT2D eigenvalue weighted by Crippen LogP contribution is 2.09. The van der Waals surface area contributed by atoms with Crippen molar-refractivity contribution in [1.29, 1.82) is 0 Å². The number of hydrogen-bond donors (Lipinski definition) is 1. The summed E-state index contributed by atoms with van der Waals surface area (Å²) in [6, 6.07) is 4.07. The summed E-state index contributed by atoms with van der Waals surface area (Å²) in [7, 11) is 0. The Labute approximate surface area is 103 Å². The molecule has 0 saturated carbocycles. The third kappa shape index (κ3) is 5.15. The summed E-state index contributed by atoms with van der Waals surface area (Å²) in [5, 5.41) is 3.23. The molecule has 0 aliphatic carbocycles. The molecule has 0 bridgehead atoms. The molecule has 0 amide bonds. The molecule has 0 aliphatic rings. The van der Waals surface area contributed by atoms with Gasteiger partial charge < -0.3 is 14.8 Å². The van der Waals surface area contributed by atoms with Gasteiger partial charge in [0.25, 0.3) is 0 Å². The zero-order valence-corrected chi connectivity index (χ0v) is 11.1. The summed E-state index contributed by atoms with van der Waals surface area (Å²) in [5.74, 6) is 0.868. The molecule has 0 fully saturated rings. The van der Waals surface area contributed by atoms with Crippen LogP contribution in [0.3, 0.4) is 0 Å². The van der Waals surface area contributed by atoms with Crippen molar-refractivity contribution in [2.24, 2.45) is 0 Å². The number of pyridine rings is 1. The number of aromatic nitrogens is 1. The monoisotopic (exact) mass is 238 g/mol. The number of hydrogen-bond acceptors (Lipinski definition) is 4. The number of ether oxygens (including phenoxy) is 2. The fraction of sp³-hybridized carbons (Fsp3) is 0.615. The van der Waals surface area contributed by atoms with Crippen LogP contribution in [0.2, 0.25) is 0 Å². The minimum Gasteiger partial charge on any atom is -0.365 e. The average Bonchev–Trinajstić information content (AvgIpc) is 2.25. The number of aryl methyl sites for hydroxylation is 2. The lowest BCUT2D eigenvalue weighted by atomic mass is 10.2. The van der Waals surface area contributed by atoms with Crippen molar-refractivity contribution in [3.05, 3.63) is 23.4 Å². The summed E-state index contributed by atoms with van der Waals surface area (Å²) in [4.78, 5) is 4.40. The standard InChI is InChI=1S/C13H22N2O2/c1-5-16-13(17-6-2)9-14-12-8-10(3)7-11(4)15-12/h7-8,13H,5-6,9H2,1-4H3,(H,14,15). The van der Waals surface area contributed by atoms with Crippen LogP contribution in [0.4, 0.5) is 5.82 Å². The van der Waals surface area contributed by atoms with Gasteiger partial charge in [-0.15, -0.1) is 0 Å². The minimum atomic E-state index is -0.215. The second-order valence-corrected chi connectivity index (χ2v) is 3.89. The molecule has 0 spiro atoms. The Bertz CT molecular complexity index is 316. The third-order valence-electron chi connectivity index (χ3n) is 2.25. The Hall–Kier alpha value is -1.13. The van der Waals surface area contributed by atoms with E-state index in [-0.39, 0.29) is 6.29 Å². The van der Waals surface area contributed by atoms with E-state index in [1.807, 2.05) is 32.9 Å². The van der Waals surface area contributed by atoms with Gasteiger partial charge in [0.15, 0.2) is 6.29 Å². The second kappa shape index (κ2) is 7.25. The highest BCUT2D eigenvalue weighted by molar-refractivity contribution is 5.38. The van der Waals surface area contributed by atoms with Gasteiger partial charge in [-0.3, -0.25) is 0 Å². The SMILES string of the molecule is CCOC(CNc1cc(C)cc(C)n1)OCC. The molecule has 17 heavy (non-hydrogen) atoms. The first kappa shape index (κ1) is 13.9. The molecule has 1 N–H and O–H groups in total. The van der Waals surface area contributed by atoms with Gasteiger partial charge >= 0.3 is 0 Å². The van der Waals surface area contributed by atoms with Crippen molar-refractivity contribution in [1.82, 2.24) is 4.98 Å². The fourth-order valence-electron chi connectivity index (χ4n) is 1.66. The minimum absolute atomic E-state index is 0.215. The summed E-state index contributed by atoms with van der Waals surface area (Å²) in [6.07, 6.45) is -0.215. The predicted molar refractivity (Wildman–Crippen MR) is 69.2 cm³/mol. The number of anilines is 1. The highest BCUT2D eigenvalue weighted by Gasteiger charge is 2.07. The molecule has 96 valence electrons. The Kier molecular flexibility index (Phi) is 5.94. The molecule has 1 aromatic rings. The van der Waals surface area contributed by atoms with Crippen molar-refractivity contribution in [3.8, 4) is 0 Å². The summed E-state index contributed by atoms with van der Waals surface area (Å²) in [5.41, 5.74) is 2.21. The van der Waals surface area contributed by atoms with Gasteiger partial charge in [-0.25, -0.2) is 4.98 Å². The number of nitrogens with zero attached hydrogens (tertiary/aromatic N) is 1. The van der Waals surface area contributed by atoms with Crippen molar-refractivity contribution in [2.75, 3.05) is 25.1 Å². The molecule has 0 aromatic carbocycles. The maximum absolute atomic E-state index is 5.45. The summed E-state index contributed by atoms with van der Waals surface area (Å²) < 4.78 is 10.9. The van der Waals surface area contributed by atoms with E-state index < -0.39 is 0 Å². The van der Waals surface area contributed by atoms with Gasteiger partial charge in [-0.05, 0) is 45.4 Å². The molecule has 4 heteroatoms. The van der Waals surface area contributed by atoms with Crippen LogP contribution in [0.5, 0.6) is 0 Å². The van der Waals surface area contributed by atoms with Gasteiger partial charge in [-0.1, -0.05) is 0 Å². The van der Waals surface area contributed by atoms with Crippen LogP contribution in [0.1, 0.15) is 25.1 Å². The van der Waals surface area contributed by atoms with E-state index >= 15 is 0 Å². The smallest absolute Gasteiger partial charge is 0.174 e. The molecular formula is C13H22N2O2. The van der Waals surface area contributed by atoms with E-state index in [2.05, 4.69) is 17.2 Å². The maximum atomic E-state index is 5.45. The first-order valence-electron chi connectivity index (χ1n) is 6.08. The quantitative estimate of drug-likeness (QED) is 0.741. The Morgan fingerprint density at radius 1 is 1.18 bits per heavy atom. The van der Waals surface area contributed by atoms with Gasteiger partial charge in [0, 0.05) is 18.9 Å². The molecule has 1 aromatic heterocycles. The Morgan fingerprint density at radius 2 is 1.82 bits per heavy atom. The maximum Gasteiger partial charge on any atom is 0.174 e. The molecule has 1 heterocycles. The van der Waals surface area contributed by atoms with E-state index in [4.69, 9.17) is 9.47 Å². The second-order valence-electron chi connectivity index (χ2n) is 3.89. The first-order valence-corrected chi connectivity index (χ1v) is 6.08.